The molecule has 2 atom stereocenters. The van der Waals surface area contributed by atoms with Crippen molar-refractivity contribution < 1.29 is 9.78 Å². The van der Waals surface area contributed by atoms with Crippen LogP contribution in [0.25, 0.3) is 0 Å². The summed E-state index contributed by atoms with van der Waals surface area (Å²) in [5.41, 5.74) is 2.47. The first kappa shape index (κ1) is 6.40. The normalized spacial score (nSPS) is 30.3. The largest absolute Gasteiger partial charge is 0.223 e. The van der Waals surface area contributed by atoms with Crippen LogP contribution in [-0.2, 0) is 9.78 Å². The van der Waals surface area contributed by atoms with Crippen LogP contribution in [0.3, 0.4) is 0 Å². The summed E-state index contributed by atoms with van der Waals surface area (Å²) >= 11 is 0. The monoisotopic (exact) mass is 160 g/mol. The Labute approximate surface area is 70.3 Å². The molecule has 4 rings (SSSR count). The molecule has 1 aromatic carbocycles. The van der Waals surface area contributed by atoms with E-state index < -0.39 is 0 Å². The Kier molecular flexibility index (Phi) is 1.17. The lowest BCUT2D eigenvalue weighted by molar-refractivity contribution is -0.355. The highest BCUT2D eigenvalue weighted by Gasteiger charge is 2.30. The van der Waals surface area contributed by atoms with Gasteiger partial charge < -0.3 is 0 Å². The van der Waals surface area contributed by atoms with Gasteiger partial charge in [0.15, 0.2) is 0 Å². The predicted molar refractivity (Wildman–Crippen MR) is 43.2 cm³/mol. The van der Waals surface area contributed by atoms with Gasteiger partial charge in [-0.3, -0.25) is 0 Å². The number of fused-ring (bicyclic) bond motifs is 1. The Morgan fingerprint density at radius 3 is 1.75 bits per heavy atom. The van der Waals surface area contributed by atoms with Crippen LogP contribution in [0.1, 0.15) is 23.3 Å². The Balaban J connectivity index is 2.24. The molecule has 2 aliphatic heterocycles. The summed E-state index contributed by atoms with van der Waals surface area (Å²) in [6.07, 6.45) is 4.09. The molecule has 0 unspecified atom stereocenters. The maximum Gasteiger partial charge on any atom is 0.137 e. The standard InChI is InChI=1S/C10H8O2/c1-2-4-8-7(3-1)9-5-6-10(8)12-11-9/h1-6,9-10H/t9-,10+. The molecule has 12 heavy (non-hydrogen) atoms. The molecular weight excluding hydrogens is 152 g/mol. The van der Waals surface area contributed by atoms with Gasteiger partial charge >= 0.3 is 0 Å². The molecule has 0 spiro atoms. The predicted octanol–water partition coefficient (Wildman–Crippen LogP) is 2.30. The van der Waals surface area contributed by atoms with E-state index in [1.54, 1.807) is 0 Å². The third-order valence-corrected chi connectivity index (χ3v) is 2.33. The van der Waals surface area contributed by atoms with Gasteiger partial charge in [0.1, 0.15) is 12.2 Å². The van der Waals surface area contributed by atoms with Crippen molar-refractivity contribution in [2.24, 2.45) is 0 Å². The summed E-state index contributed by atoms with van der Waals surface area (Å²) in [6, 6.07) is 8.21. The van der Waals surface area contributed by atoms with Crippen LogP contribution in [-0.4, -0.2) is 0 Å². The highest BCUT2D eigenvalue weighted by Crippen LogP contribution is 2.40. The highest BCUT2D eigenvalue weighted by molar-refractivity contribution is 5.39. The van der Waals surface area contributed by atoms with Crippen molar-refractivity contribution in [3.63, 3.8) is 0 Å². The maximum atomic E-state index is 5.12. The molecule has 2 heteroatoms. The van der Waals surface area contributed by atoms with E-state index in [0.717, 1.165) is 0 Å². The van der Waals surface area contributed by atoms with E-state index in [9.17, 15) is 0 Å². The Morgan fingerprint density at radius 2 is 1.33 bits per heavy atom. The second kappa shape index (κ2) is 2.19. The van der Waals surface area contributed by atoms with Gasteiger partial charge in [-0.2, -0.15) is 0 Å². The van der Waals surface area contributed by atoms with Crippen molar-refractivity contribution in [2.45, 2.75) is 12.2 Å². The molecule has 2 nitrogen and oxygen atoms in total. The fraction of sp³-hybridized carbons (Fsp3) is 0.200. The van der Waals surface area contributed by atoms with Crippen molar-refractivity contribution in [3.05, 3.63) is 47.5 Å². The first-order valence-corrected chi connectivity index (χ1v) is 4.04. The van der Waals surface area contributed by atoms with Crippen molar-refractivity contribution in [2.75, 3.05) is 0 Å². The average molecular weight is 160 g/mol. The van der Waals surface area contributed by atoms with Crippen LogP contribution in [0.15, 0.2) is 36.4 Å². The number of benzene rings is 1. The number of rotatable bonds is 0. The third kappa shape index (κ3) is 0.709. The van der Waals surface area contributed by atoms with Gasteiger partial charge in [0.25, 0.3) is 0 Å². The lowest BCUT2D eigenvalue weighted by Crippen LogP contribution is -2.21. The smallest absolute Gasteiger partial charge is 0.137 e. The molecule has 0 radical (unpaired) electrons. The van der Waals surface area contributed by atoms with E-state index in [4.69, 9.17) is 9.78 Å². The zero-order valence-electron chi connectivity index (χ0n) is 6.44. The molecule has 60 valence electrons. The fourth-order valence-corrected chi connectivity index (χ4v) is 1.73. The lowest BCUT2D eigenvalue weighted by atomic mass is 9.92. The van der Waals surface area contributed by atoms with Gasteiger partial charge in [-0.15, -0.1) is 0 Å². The van der Waals surface area contributed by atoms with Crippen molar-refractivity contribution in [3.8, 4) is 0 Å². The molecule has 3 aliphatic rings. The number of hydrogen-bond donors (Lipinski definition) is 0. The second-order valence-electron chi connectivity index (χ2n) is 3.05. The van der Waals surface area contributed by atoms with E-state index in [-0.39, 0.29) is 12.2 Å². The summed E-state index contributed by atoms with van der Waals surface area (Å²) in [7, 11) is 0. The first-order chi connectivity index (χ1) is 5.95. The Bertz CT molecular complexity index is 310. The topological polar surface area (TPSA) is 18.5 Å². The highest BCUT2D eigenvalue weighted by atomic mass is 17.2. The summed E-state index contributed by atoms with van der Waals surface area (Å²) < 4.78 is 0. The van der Waals surface area contributed by atoms with Crippen LogP contribution in [0.4, 0.5) is 0 Å². The Hall–Kier alpha value is -1.12. The van der Waals surface area contributed by atoms with Crippen molar-refractivity contribution >= 4 is 0 Å². The summed E-state index contributed by atoms with van der Waals surface area (Å²) in [6.45, 7) is 0. The molecule has 0 amide bonds. The molecule has 1 aromatic rings. The minimum Gasteiger partial charge on any atom is -0.223 e. The van der Waals surface area contributed by atoms with Gasteiger partial charge in [0, 0.05) is 0 Å². The van der Waals surface area contributed by atoms with E-state index in [2.05, 4.69) is 12.1 Å². The second-order valence-corrected chi connectivity index (χ2v) is 3.05. The first-order valence-electron chi connectivity index (χ1n) is 4.04. The quantitative estimate of drug-likeness (QED) is 0.428. The molecule has 2 bridgehead atoms. The van der Waals surface area contributed by atoms with Gasteiger partial charge in [-0.05, 0) is 23.3 Å². The summed E-state index contributed by atoms with van der Waals surface area (Å²) in [5.74, 6) is 0. The lowest BCUT2D eigenvalue weighted by Gasteiger charge is -2.31. The minimum atomic E-state index is 0.00574. The van der Waals surface area contributed by atoms with E-state index >= 15 is 0 Å². The van der Waals surface area contributed by atoms with Crippen LogP contribution in [0, 0.1) is 0 Å². The molecule has 2 heterocycles. The minimum absolute atomic E-state index is 0.00574. The SMILES string of the molecule is C1=C[C@H]2OO[C@@H]1c1ccccc12. The zero-order valence-corrected chi connectivity index (χ0v) is 6.44. The third-order valence-electron chi connectivity index (χ3n) is 2.33. The zero-order chi connectivity index (χ0) is 7.97. The van der Waals surface area contributed by atoms with Gasteiger partial charge in [0.05, 0.1) is 0 Å². The molecular formula is C10H8O2. The van der Waals surface area contributed by atoms with Crippen LogP contribution in [0.2, 0.25) is 0 Å². The maximum absolute atomic E-state index is 5.12. The average Bonchev–Trinajstić information content (AvgIpc) is 2.20. The van der Waals surface area contributed by atoms with Gasteiger partial charge in [-0.25, -0.2) is 9.78 Å². The molecule has 0 saturated carbocycles. The van der Waals surface area contributed by atoms with Gasteiger partial charge in [-0.1, -0.05) is 24.3 Å². The molecule has 0 aromatic heterocycles. The molecule has 1 aliphatic carbocycles. The molecule has 0 saturated heterocycles. The number of hydrogen-bond acceptors (Lipinski definition) is 2. The van der Waals surface area contributed by atoms with E-state index in [1.807, 2.05) is 24.3 Å². The van der Waals surface area contributed by atoms with Gasteiger partial charge in [0.2, 0.25) is 0 Å². The molecule has 0 fully saturated rings. The summed E-state index contributed by atoms with van der Waals surface area (Å²) in [4.78, 5) is 10.2. The molecule has 0 N–H and O–H groups in total. The van der Waals surface area contributed by atoms with E-state index in [1.165, 1.54) is 11.1 Å². The van der Waals surface area contributed by atoms with Crippen LogP contribution < -0.4 is 0 Å². The van der Waals surface area contributed by atoms with Crippen molar-refractivity contribution in [1.29, 1.82) is 0 Å². The Morgan fingerprint density at radius 1 is 0.833 bits per heavy atom. The fourth-order valence-electron chi connectivity index (χ4n) is 1.73. The van der Waals surface area contributed by atoms with E-state index in [0.29, 0.717) is 0 Å². The summed E-state index contributed by atoms with van der Waals surface area (Å²) in [5, 5.41) is 0. The van der Waals surface area contributed by atoms with Crippen molar-refractivity contribution in [1.82, 2.24) is 0 Å². The van der Waals surface area contributed by atoms with Crippen LogP contribution in [0.5, 0.6) is 0 Å². The van der Waals surface area contributed by atoms with Crippen LogP contribution >= 0.6 is 0 Å².